The molecule has 8 heteroatoms. The Hall–Kier alpha value is -1.96. The van der Waals surface area contributed by atoms with Gasteiger partial charge in [-0.2, -0.15) is 5.10 Å². The molecule has 0 aliphatic carbocycles. The largest absolute Gasteiger partial charge is 0.367 e. The van der Waals surface area contributed by atoms with Gasteiger partial charge >= 0.3 is 0 Å². The molecule has 0 bridgehead atoms. The van der Waals surface area contributed by atoms with Crippen molar-refractivity contribution in [2.75, 3.05) is 24.6 Å². The summed E-state index contributed by atoms with van der Waals surface area (Å²) in [7, 11) is 1.92. The zero-order valence-electron chi connectivity index (χ0n) is 14.7. The minimum absolute atomic E-state index is 0.394. The van der Waals surface area contributed by atoms with Crippen molar-refractivity contribution >= 4 is 28.1 Å². The van der Waals surface area contributed by atoms with Gasteiger partial charge in [0, 0.05) is 36.8 Å². The van der Waals surface area contributed by atoms with Crippen molar-refractivity contribution in [3.05, 3.63) is 57.8 Å². The van der Waals surface area contributed by atoms with Crippen LogP contribution >= 0.6 is 22.9 Å². The third-order valence-electron chi connectivity index (χ3n) is 4.59. The second-order valence-corrected chi connectivity index (χ2v) is 8.16. The first kappa shape index (κ1) is 17.5. The smallest absolute Gasteiger partial charge is 0.208 e. The molecule has 0 amide bonds. The molecule has 2 aromatic heterocycles. The average Bonchev–Trinajstić information content (AvgIpc) is 3.27. The van der Waals surface area contributed by atoms with Gasteiger partial charge in [-0.3, -0.25) is 4.68 Å². The maximum absolute atomic E-state index is 6.08. The summed E-state index contributed by atoms with van der Waals surface area (Å²) < 4.78 is 7.88. The molecule has 1 unspecified atom stereocenters. The normalized spacial score (nSPS) is 20.5. The third kappa shape index (κ3) is 3.60. The molecule has 0 radical (unpaired) electrons. The van der Waals surface area contributed by atoms with E-state index in [1.165, 1.54) is 5.56 Å². The van der Waals surface area contributed by atoms with Crippen molar-refractivity contribution in [3.63, 3.8) is 0 Å². The number of benzene rings is 1. The summed E-state index contributed by atoms with van der Waals surface area (Å²) in [6, 6.07) is 7.86. The number of ether oxygens (including phenoxy) is 1. The van der Waals surface area contributed by atoms with Crippen molar-refractivity contribution in [2.24, 2.45) is 7.05 Å². The first-order chi connectivity index (χ1) is 12.5. The maximum Gasteiger partial charge on any atom is 0.208 e. The lowest BCUT2D eigenvalue weighted by Crippen LogP contribution is -2.48. The summed E-state index contributed by atoms with van der Waals surface area (Å²) in [6.45, 7) is 4.29. The van der Waals surface area contributed by atoms with Gasteiger partial charge in [-0.25, -0.2) is 0 Å². The van der Waals surface area contributed by atoms with Crippen LogP contribution in [0.15, 0.2) is 36.7 Å². The number of nitrogens with zero attached hydrogens (tertiary/aromatic N) is 5. The molecule has 0 saturated carbocycles. The zero-order chi connectivity index (χ0) is 18.1. The maximum atomic E-state index is 6.08. The summed E-state index contributed by atoms with van der Waals surface area (Å²) >= 11 is 7.58. The van der Waals surface area contributed by atoms with E-state index < -0.39 is 5.60 Å². The molecule has 1 fully saturated rings. The van der Waals surface area contributed by atoms with Crippen molar-refractivity contribution in [2.45, 2.75) is 18.9 Å². The van der Waals surface area contributed by atoms with Gasteiger partial charge in [0.05, 0.1) is 19.3 Å². The summed E-state index contributed by atoms with van der Waals surface area (Å²) in [6.07, 6.45) is 4.64. The zero-order valence-corrected chi connectivity index (χ0v) is 16.3. The highest BCUT2D eigenvalue weighted by molar-refractivity contribution is 7.15. The molecule has 1 atom stereocenters. The Bertz CT molecular complexity index is 893. The molecule has 4 rings (SSSR count). The number of halogens is 1. The van der Waals surface area contributed by atoms with Gasteiger partial charge in [-0.15, -0.1) is 10.2 Å². The number of rotatable bonds is 4. The lowest BCUT2D eigenvalue weighted by molar-refractivity contribution is -0.0466. The predicted octanol–water partition coefficient (Wildman–Crippen LogP) is 3.27. The van der Waals surface area contributed by atoms with E-state index in [9.17, 15) is 0 Å². The Balaban J connectivity index is 1.49. The molecule has 0 N–H and O–H groups in total. The topological polar surface area (TPSA) is 56.1 Å². The van der Waals surface area contributed by atoms with E-state index in [0.717, 1.165) is 40.2 Å². The average molecular weight is 390 g/mol. The van der Waals surface area contributed by atoms with Gasteiger partial charge in [0.2, 0.25) is 5.13 Å². The number of morpholine rings is 1. The summed E-state index contributed by atoms with van der Waals surface area (Å²) in [5, 5.41) is 15.7. The molecule has 1 aliphatic heterocycles. The summed E-state index contributed by atoms with van der Waals surface area (Å²) in [5.74, 6) is 0. The van der Waals surface area contributed by atoms with E-state index in [-0.39, 0.29) is 0 Å². The Labute approximate surface area is 161 Å². The predicted molar refractivity (Wildman–Crippen MR) is 103 cm³/mol. The third-order valence-corrected chi connectivity index (χ3v) is 5.82. The van der Waals surface area contributed by atoms with Crippen molar-refractivity contribution in [1.29, 1.82) is 0 Å². The highest BCUT2D eigenvalue weighted by Gasteiger charge is 2.36. The van der Waals surface area contributed by atoms with Crippen LogP contribution in [-0.2, 0) is 23.8 Å². The van der Waals surface area contributed by atoms with Crippen LogP contribution in [0.5, 0.6) is 0 Å². The monoisotopic (exact) mass is 389 g/mol. The molecule has 6 nitrogen and oxygen atoms in total. The Morgan fingerprint density at radius 2 is 2.08 bits per heavy atom. The van der Waals surface area contributed by atoms with Crippen LogP contribution in [0, 0.1) is 0 Å². The van der Waals surface area contributed by atoms with E-state index >= 15 is 0 Å². The van der Waals surface area contributed by atoms with E-state index in [1.54, 1.807) is 16.0 Å². The van der Waals surface area contributed by atoms with E-state index in [0.29, 0.717) is 6.61 Å². The highest BCUT2D eigenvalue weighted by Crippen LogP contribution is 2.33. The highest BCUT2D eigenvalue weighted by atomic mass is 35.5. The Morgan fingerprint density at radius 3 is 2.81 bits per heavy atom. The lowest BCUT2D eigenvalue weighted by atomic mass is 9.97. The number of aromatic nitrogens is 4. The molecular weight excluding hydrogens is 370 g/mol. The molecular formula is C18H20ClN5OS. The molecule has 1 aromatic carbocycles. The standard InChI is InChI=1S/C18H20ClN5OS/c1-18(14-10-20-23(2)11-14)12-24(7-8-25-18)17-22-21-16(26-17)9-13-3-5-15(19)6-4-13/h3-6,10-11H,7-9,12H2,1-2H3. The minimum atomic E-state index is -0.394. The van der Waals surface area contributed by atoms with Crippen LogP contribution in [0.3, 0.4) is 0 Å². The second-order valence-electron chi connectivity index (χ2n) is 6.69. The van der Waals surface area contributed by atoms with Crippen LogP contribution in [0.1, 0.15) is 23.1 Å². The van der Waals surface area contributed by atoms with Crippen molar-refractivity contribution < 1.29 is 4.74 Å². The fourth-order valence-corrected chi connectivity index (χ4v) is 4.15. The summed E-state index contributed by atoms with van der Waals surface area (Å²) in [5.41, 5.74) is 1.86. The molecule has 3 heterocycles. The number of aryl methyl sites for hydroxylation is 1. The molecule has 136 valence electrons. The molecule has 1 aliphatic rings. The van der Waals surface area contributed by atoms with Gasteiger partial charge in [-0.05, 0) is 24.6 Å². The van der Waals surface area contributed by atoms with Crippen LogP contribution in [0.2, 0.25) is 5.02 Å². The fourth-order valence-electron chi connectivity index (χ4n) is 3.12. The lowest BCUT2D eigenvalue weighted by Gasteiger charge is -2.39. The van der Waals surface area contributed by atoms with Gasteiger partial charge in [0.25, 0.3) is 0 Å². The SMILES string of the molecule is Cn1cc(C2(C)CN(c3nnc(Cc4ccc(Cl)cc4)s3)CCO2)cn1. The molecule has 0 spiro atoms. The van der Waals surface area contributed by atoms with Gasteiger partial charge in [0.1, 0.15) is 10.6 Å². The summed E-state index contributed by atoms with van der Waals surface area (Å²) in [4.78, 5) is 2.25. The van der Waals surface area contributed by atoms with Crippen LogP contribution in [0.4, 0.5) is 5.13 Å². The van der Waals surface area contributed by atoms with Crippen LogP contribution in [0.25, 0.3) is 0 Å². The van der Waals surface area contributed by atoms with Gasteiger partial charge < -0.3 is 9.64 Å². The fraction of sp³-hybridized carbons (Fsp3) is 0.389. The number of hydrogen-bond acceptors (Lipinski definition) is 6. The first-order valence-corrected chi connectivity index (χ1v) is 9.66. The van der Waals surface area contributed by atoms with E-state index in [4.69, 9.17) is 16.3 Å². The van der Waals surface area contributed by atoms with Crippen LogP contribution < -0.4 is 4.90 Å². The van der Waals surface area contributed by atoms with E-state index in [1.807, 2.05) is 43.7 Å². The Kier molecular flexibility index (Phi) is 4.69. The minimum Gasteiger partial charge on any atom is -0.367 e. The first-order valence-electron chi connectivity index (χ1n) is 8.47. The number of anilines is 1. The number of hydrogen-bond donors (Lipinski definition) is 0. The second kappa shape index (κ2) is 6.98. The quantitative estimate of drug-likeness (QED) is 0.685. The Morgan fingerprint density at radius 1 is 1.27 bits per heavy atom. The van der Waals surface area contributed by atoms with Crippen LogP contribution in [-0.4, -0.2) is 39.7 Å². The molecule has 26 heavy (non-hydrogen) atoms. The van der Waals surface area contributed by atoms with Crippen molar-refractivity contribution in [3.8, 4) is 0 Å². The molecule has 1 saturated heterocycles. The van der Waals surface area contributed by atoms with Crippen molar-refractivity contribution in [1.82, 2.24) is 20.0 Å². The van der Waals surface area contributed by atoms with Gasteiger partial charge in [-0.1, -0.05) is 35.1 Å². The van der Waals surface area contributed by atoms with E-state index in [2.05, 4.69) is 27.1 Å². The van der Waals surface area contributed by atoms with Gasteiger partial charge in [0.15, 0.2) is 0 Å². The molecule has 3 aromatic rings.